The number of carbonyl (C=O) groups excluding carboxylic acids is 1. The number of halogens is 1. The van der Waals surface area contributed by atoms with Crippen molar-refractivity contribution in [3.63, 3.8) is 0 Å². The number of anilines is 1. The zero-order valence-electron chi connectivity index (χ0n) is 10.7. The number of rotatable bonds is 6. The van der Waals surface area contributed by atoms with Crippen LogP contribution in [0.15, 0.2) is 16.7 Å². The van der Waals surface area contributed by atoms with Crippen LogP contribution in [0.25, 0.3) is 0 Å². The maximum atomic E-state index is 12.0. The minimum atomic E-state index is -0.163. The standard InChI is InChI=1S/C12H19BrN4O/c1-3-8(4-2)6-16-12(18)10-5-9(13)7-15-11(10)17-14/h5,7-8H,3-4,6,14H2,1-2H3,(H,15,17)(H,16,18). The Bertz CT molecular complexity index is 407. The summed E-state index contributed by atoms with van der Waals surface area (Å²) in [7, 11) is 0. The highest BCUT2D eigenvalue weighted by Gasteiger charge is 2.14. The van der Waals surface area contributed by atoms with E-state index in [0.717, 1.165) is 17.3 Å². The second-order valence-electron chi connectivity index (χ2n) is 4.09. The zero-order chi connectivity index (χ0) is 13.5. The van der Waals surface area contributed by atoms with Gasteiger partial charge in [0.1, 0.15) is 0 Å². The van der Waals surface area contributed by atoms with Gasteiger partial charge in [0.05, 0.1) is 5.56 Å². The van der Waals surface area contributed by atoms with Crippen molar-refractivity contribution in [3.8, 4) is 0 Å². The Kier molecular flexibility index (Phi) is 6.07. The van der Waals surface area contributed by atoms with Crippen LogP contribution >= 0.6 is 15.9 Å². The van der Waals surface area contributed by atoms with Crippen molar-refractivity contribution in [2.75, 3.05) is 12.0 Å². The molecule has 0 bridgehead atoms. The Labute approximate surface area is 116 Å². The first-order chi connectivity index (χ1) is 8.62. The quantitative estimate of drug-likeness (QED) is 0.556. The van der Waals surface area contributed by atoms with Crippen molar-refractivity contribution in [3.05, 3.63) is 22.3 Å². The molecule has 5 nitrogen and oxygen atoms in total. The lowest BCUT2D eigenvalue weighted by molar-refractivity contribution is 0.0947. The normalized spacial score (nSPS) is 10.5. The lowest BCUT2D eigenvalue weighted by atomic mass is 10.0. The Morgan fingerprint density at radius 1 is 1.50 bits per heavy atom. The molecule has 100 valence electrons. The number of nitrogens with two attached hydrogens (primary N) is 1. The number of nitrogen functional groups attached to an aromatic ring is 1. The molecule has 4 N–H and O–H groups in total. The monoisotopic (exact) mass is 314 g/mol. The molecule has 1 heterocycles. The van der Waals surface area contributed by atoms with Crippen LogP contribution in [0.5, 0.6) is 0 Å². The van der Waals surface area contributed by atoms with Gasteiger partial charge in [-0.05, 0) is 27.9 Å². The van der Waals surface area contributed by atoms with Gasteiger partial charge in [-0.15, -0.1) is 0 Å². The van der Waals surface area contributed by atoms with Gasteiger partial charge in [-0.2, -0.15) is 0 Å². The molecule has 0 spiro atoms. The number of hydrogen-bond acceptors (Lipinski definition) is 4. The number of nitrogens with zero attached hydrogens (tertiary/aromatic N) is 1. The highest BCUT2D eigenvalue weighted by atomic mass is 79.9. The van der Waals surface area contributed by atoms with Crippen LogP contribution in [0.1, 0.15) is 37.0 Å². The third-order valence-corrected chi connectivity index (χ3v) is 3.38. The fourth-order valence-electron chi connectivity index (χ4n) is 1.64. The molecular formula is C12H19BrN4O. The second-order valence-corrected chi connectivity index (χ2v) is 5.00. The minimum Gasteiger partial charge on any atom is -0.352 e. The molecule has 0 unspecified atom stereocenters. The van der Waals surface area contributed by atoms with E-state index in [1.807, 2.05) is 0 Å². The maximum Gasteiger partial charge on any atom is 0.255 e. The van der Waals surface area contributed by atoms with E-state index in [2.05, 4.69) is 45.5 Å². The minimum absolute atomic E-state index is 0.163. The number of hydrogen-bond donors (Lipinski definition) is 3. The van der Waals surface area contributed by atoms with E-state index in [1.165, 1.54) is 0 Å². The molecule has 0 saturated carbocycles. The summed E-state index contributed by atoms with van der Waals surface area (Å²) >= 11 is 3.29. The molecule has 1 aromatic rings. The molecule has 0 saturated heterocycles. The van der Waals surface area contributed by atoms with Crippen LogP contribution in [0.3, 0.4) is 0 Å². The summed E-state index contributed by atoms with van der Waals surface area (Å²) in [6, 6.07) is 1.70. The molecule has 1 aromatic heterocycles. The van der Waals surface area contributed by atoms with Crippen LogP contribution in [-0.4, -0.2) is 17.4 Å². The number of nitrogens with one attached hydrogen (secondary N) is 2. The van der Waals surface area contributed by atoms with Crippen LogP contribution in [0.2, 0.25) is 0 Å². The van der Waals surface area contributed by atoms with E-state index in [0.29, 0.717) is 23.8 Å². The summed E-state index contributed by atoms with van der Waals surface area (Å²) in [5, 5.41) is 2.91. The molecule has 1 rings (SSSR count). The van der Waals surface area contributed by atoms with Crippen molar-refractivity contribution < 1.29 is 4.79 Å². The van der Waals surface area contributed by atoms with E-state index < -0.39 is 0 Å². The molecule has 1 amide bonds. The molecule has 0 aliphatic carbocycles. The predicted molar refractivity (Wildman–Crippen MR) is 76.2 cm³/mol. The summed E-state index contributed by atoms with van der Waals surface area (Å²) in [4.78, 5) is 16.1. The van der Waals surface area contributed by atoms with Gasteiger partial charge in [-0.1, -0.05) is 26.7 Å². The van der Waals surface area contributed by atoms with Gasteiger partial charge in [0.25, 0.3) is 5.91 Å². The first kappa shape index (κ1) is 14.9. The first-order valence-electron chi connectivity index (χ1n) is 6.02. The Morgan fingerprint density at radius 2 is 2.17 bits per heavy atom. The molecule has 18 heavy (non-hydrogen) atoms. The maximum absolute atomic E-state index is 12.0. The fraction of sp³-hybridized carbons (Fsp3) is 0.500. The zero-order valence-corrected chi connectivity index (χ0v) is 12.3. The van der Waals surface area contributed by atoms with Gasteiger partial charge in [0.15, 0.2) is 5.82 Å². The van der Waals surface area contributed by atoms with Crippen molar-refractivity contribution in [1.82, 2.24) is 10.3 Å². The summed E-state index contributed by atoms with van der Waals surface area (Å²) < 4.78 is 0.745. The third-order valence-electron chi connectivity index (χ3n) is 2.94. The molecule has 6 heteroatoms. The first-order valence-corrected chi connectivity index (χ1v) is 6.82. The van der Waals surface area contributed by atoms with Crippen molar-refractivity contribution in [2.45, 2.75) is 26.7 Å². The largest absolute Gasteiger partial charge is 0.352 e. The summed E-state index contributed by atoms with van der Waals surface area (Å²) in [5.41, 5.74) is 2.87. The fourth-order valence-corrected chi connectivity index (χ4v) is 1.97. The van der Waals surface area contributed by atoms with Crippen molar-refractivity contribution in [1.29, 1.82) is 0 Å². The van der Waals surface area contributed by atoms with E-state index in [9.17, 15) is 4.79 Å². The number of hydrazine groups is 1. The Morgan fingerprint density at radius 3 is 2.72 bits per heavy atom. The van der Waals surface area contributed by atoms with Crippen LogP contribution in [0, 0.1) is 5.92 Å². The van der Waals surface area contributed by atoms with E-state index in [4.69, 9.17) is 5.84 Å². The molecule has 0 aliphatic heterocycles. The summed E-state index contributed by atoms with van der Waals surface area (Å²) in [6.45, 7) is 4.91. The average Bonchev–Trinajstić information content (AvgIpc) is 2.39. The molecule has 0 fully saturated rings. The molecule has 0 aliphatic rings. The summed E-state index contributed by atoms with van der Waals surface area (Å²) in [5.74, 6) is 6.05. The number of pyridine rings is 1. The smallest absolute Gasteiger partial charge is 0.255 e. The highest BCUT2D eigenvalue weighted by Crippen LogP contribution is 2.17. The van der Waals surface area contributed by atoms with E-state index in [1.54, 1.807) is 12.3 Å². The Balaban J connectivity index is 2.74. The van der Waals surface area contributed by atoms with Crippen LogP contribution < -0.4 is 16.6 Å². The number of carbonyl (C=O) groups is 1. The molecular weight excluding hydrogens is 296 g/mol. The van der Waals surface area contributed by atoms with Gasteiger partial charge < -0.3 is 10.7 Å². The molecule has 0 atom stereocenters. The summed E-state index contributed by atoms with van der Waals surface area (Å²) in [6.07, 6.45) is 3.69. The van der Waals surface area contributed by atoms with Crippen molar-refractivity contribution >= 4 is 27.7 Å². The van der Waals surface area contributed by atoms with Gasteiger partial charge >= 0.3 is 0 Å². The highest BCUT2D eigenvalue weighted by molar-refractivity contribution is 9.10. The lowest BCUT2D eigenvalue weighted by Crippen LogP contribution is -2.30. The predicted octanol–water partition coefficient (Wildman–Crippen LogP) is 2.30. The lowest BCUT2D eigenvalue weighted by Gasteiger charge is -2.14. The third kappa shape index (κ3) is 3.96. The number of aromatic nitrogens is 1. The topological polar surface area (TPSA) is 80.0 Å². The number of amides is 1. The van der Waals surface area contributed by atoms with Crippen molar-refractivity contribution in [2.24, 2.45) is 11.8 Å². The van der Waals surface area contributed by atoms with Gasteiger partial charge in [-0.3, -0.25) is 4.79 Å². The van der Waals surface area contributed by atoms with E-state index in [-0.39, 0.29) is 5.91 Å². The van der Waals surface area contributed by atoms with E-state index >= 15 is 0 Å². The molecule has 0 aromatic carbocycles. The van der Waals surface area contributed by atoms with Gasteiger partial charge in [-0.25, -0.2) is 10.8 Å². The average molecular weight is 315 g/mol. The second kappa shape index (κ2) is 7.33. The molecule has 0 radical (unpaired) electrons. The Hall–Kier alpha value is -1.14. The van der Waals surface area contributed by atoms with Gasteiger partial charge in [0, 0.05) is 17.2 Å². The van der Waals surface area contributed by atoms with Crippen LogP contribution in [0.4, 0.5) is 5.82 Å². The van der Waals surface area contributed by atoms with Crippen LogP contribution in [-0.2, 0) is 0 Å². The SMILES string of the molecule is CCC(CC)CNC(=O)c1cc(Br)cnc1NN. The van der Waals surface area contributed by atoms with Gasteiger partial charge in [0.2, 0.25) is 0 Å².